The fourth-order valence-electron chi connectivity index (χ4n) is 0.118. The molecule has 0 aromatic carbocycles. The van der Waals surface area contributed by atoms with Crippen molar-refractivity contribution < 1.29 is 0 Å². The first-order valence-electron chi connectivity index (χ1n) is 1.85. The summed E-state index contributed by atoms with van der Waals surface area (Å²) in [6, 6.07) is 0. The van der Waals surface area contributed by atoms with Gasteiger partial charge in [0.1, 0.15) is 0 Å². The molecule has 0 aromatic heterocycles. The first kappa shape index (κ1) is 5.39. The Kier molecular flexibility index (Phi) is 4.73. The van der Waals surface area contributed by atoms with Crippen molar-refractivity contribution in [3.05, 3.63) is 0 Å². The van der Waals surface area contributed by atoms with Gasteiger partial charge in [-0.15, -0.1) is 0 Å². The molecule has 0 radical (unpaired) electrons. The summed E-state index contributed by atoms with van der Waals surface area (Å²) in [5.74, 6) is 0. The number of rotatable bonds is 2. The van der Waals surface area contributed by atoms with Crippen molar-refractivity contribution in [1.29, 1.82) is 0 Å². The second-order valence-corrected chi connectivity index (χ2v) is 1.65. The Morgan fingerprint density at radius 1 is 1.80 bits per heavy atom. The van der Waals surface area contributed by atoms with Crippen LogP contribution in [0.25, 0.3) is 0 Å². The molecule has 5 heavy (non-hydrogen) atoms. The fraction of sp³-hybridized carbons (Fsp3) is 0.750. The van der Waals surface area contributed by atoms with Gasteiger partial charge in [-0.2, -0.15) is 0 Å². The van der Waals surface area contributed by atoms with E-state index in [-0.39, 0.29) is 0 Å². The summed E-state index contributed by atoms with van der Waals surface area (Å²) in [4.78, 5) is 2.06. The average molecular weight is 135 g/mol. The van der Waals surface area contributed by atoms with Gasteiger partial charge in [0, 0.05) is 0 Å². The molecule has 0 rings (SSSR count). The molecule has 1 heteroatoms. The van der Waals surface area contributed by atoms with Gasteiger partial charge < -0.3 is 0 Å². The molecule has 0 spiro atoms. The first-order chi connectivity index (χ1) is 2.41. The van der Waals surface area contributed by atoms with Crippen LogP contribution in [0.4, 0.5) is 0 Å². The van der Waals surface area contributed by atoms with Gasteiger partial charge in [0.15, 0.2) is 0 Å². The molecule has 0 atom stereocenters. The number of hydrogen-bond donors (Lipinski definition) is 0. The van der Waals surface area contributed by atoms with E-state index in [4.69, 9.17) is 0 Å². The molecule has 0 saturated heterocycles. The second kappa shape index (κ2) is 4.39. The fourth-order valence-corrected chi connectivity index (χ4v) is 0.612. The third kappa shape index (κ3) is 4.39. The van der Waals surface area contributed by atoms with Crippen molar-refractivity contribution in [2.24, 2.45) is 0 Å². The average Bonchev–Trinajstić information content (AvgIpc) is 1.41. The SMILES string of the molecule is CCCC=[Se]. The Morgan fingerprint density at radius 2 is 2.40 bits per heavy atom. The van der Waals surface area contributed by atoms with Gasteiger partial charge in [-0.1, -0.05) is 0 Å². The van der Waals surface area contributed by atoms with Crippen molar-refractivity contribution in [3.63, 3.8) is 0 Å². The minimum absolute atomic E-state index is 1.21. The molecule has 0 aliphatic heterocycles. The molecule has 30 valence electrons. The first-order valence-corrected chi connectivity index (χ1v) is 2.84. The van der Waals surface area contributed by atoms with E-state index in [0.717, 1.165) is 0 Å². The number of unbranched alkanes of at least 4 members (excludes halogenated alkanes) is 1. The van der Waals surface area contributed by atoms with Gasteiger partial charge in [-0.05, 0) is 0 Å². The van der Waals surface area contributed by atoms with Crippen LogP contribution in [-0.4, -0.2) is 20.5 Å². The molecular formula is C4H8Se. The van der Waals surface area contributed by atoms with Crippen molar-refractivity contribution >= 4 is 20.5 Å². The number of hydrogen-bond acceptors (Lipinski definition) is 0. The molecule has 0 nitrogen and oxygen atoms in total. The van der Waals surface area contributed by atoms with Crippen LogP contribution in [0, 0.1) is 0 Å². The zero-order chi connectivity index (χ0) is 4.12. The van der Waals surface area contributed by atoms with Crippen LogP contribution < -0.4 is 0 Å². The van der Waals surface area contributed by atoms with E-state index in [1.807, 2.05) is 0 Å². The van der Waals surface area contributed by atoms with Gasteiger partial charge >= 0.3 is 40.3 Å². The zero-order valence-electron chi connectivity index (χ0n) is 3.40. The van der Waals surface area contributed by atoms with Crippen molar-refractivity contribution in [1.82, 2.24) is 0 Å². The molecule has 0 unspecified atom stereocenters. The zero-order valence-corrected chi connectivity index (χ0v) is 5.11. The second-order valence-electron chi connectivity index (χ2n) is 0.955. The van der Waals surface area contributed by atoms with Crippen LogP contribution in [0.15, 0.2) is 0 Å². The molecular weight excluding hydrogens is 127 g/mol. The summed E-state index contributed by atoms with van der Waals surface area (Å²) in [7, 11) is 0. The van der Waals surface area contributed by atoms with Crippen LogP contribution in [0.3, 0.4) is 0 Å². The minimum atomic E-state index is 1.21. The van der Waals surface area contributed by atoms with E-state index in [1.165, 1.54) is 12.8 Å². The van der Waals surface area contributed by atoms with E-state index in [2.05, 4.69) is 27.4 Å². The Hall–Kier alpha value is 0.389. The Morgan fingerprint density at radius 3 is 2.40 bits per heavy atom. The molecule has 0 fully saturated rings. The summed E-state index contributed by atoms with van der Waals surface area (Å²) in [5, 5.41) is 0. The molecule has 0 aliphatic carbocycles. The standard InChI is InChI=1S/C4H8Se/c1-2-3-4-5/h4H,2-3H2,1H3. The van der Waals surface area contributed by atoms with Crippen molar-refractivity contribution in [2.75, 3.05) is 0 Å². The topological polar surface area (TPSA) is 0 Å². The van der Waals surface area contributed by atoms with Gasteiger partial charge in [0.25, 0.3) is 0 Å². The van der Waals surface area contributed by atoms with E-state index in [1.54, 1.807) is 0 Å². The summed E-state index contributed by atoms with van der Waals surface area (Å²) in [6.07, 6.45) is 2.47. The molecule has 0 aromatic rings. The molecule has 0 N–H and O–H groups in total. The monoisotopic (exact) mass is 136 g/mol. The molecule has 0 bridgehead atoms. The van der Waals surface area contributed by atoms with Crippen molar-refractivity contribution in [2.45, 2.75) is 19.8 Å². The summed E-state index contributed by atoms with van der Waals surface area (Å²) >= 11 is 2.82. The van der Waals surface area contributed by atoms with Gasteiger partial charge in [0.05, 0.1) is 0 Å². The Bertz CT molecular complexity index is 24.8. The quantitative estimate of drug-likeness (QED) is 0.490. The van der Waals surface area contributed by atoms with Gasteiger partial charge in [-0.3, -0.25) is 0 Å². The van der Waals surface area contributed by atoms with E-state index in [0.29, 0.717) is 0 Å². The van der Waals surface area contributed by atoms with Gasteiger partial charge in [0.2, 0.25) is 0 Å². The predicted molar refractivity (Wildman–Crippen MR) is 26.7 cm³/mol. The summed E-state index contributed by atoms with van der Waals surface area (Å²) < 4.78 is 0. The van der Waals surface area contributed by atoms with Crippen molar-refractivity contribution in [3.8, 4) is 0 Å². The summed E-state index contributed by atoms with van der Waals surface area (Å²) in [6.45, 7) is 2.16. The Labute approximate surface area is 40.9 Å². The summed E-state index contributed by atoms with van der Waals surface area (Å²) in [5.41, 5.74) is 0. The van der Waals surface area contributed by atoms with Crippen LogP contribution in [0.2, 0.25) is 0 Å². The van der Waals surface area contributed by atoms with E-state index in [9.17, 15) is 0 Å². The molecule has 0 heterocycles. The third-order valence-corrected chi connectivity index (χ3v) is 0.901. The van der Waals surface area contributed by atoms with E-state index >= 15 is 0 Å². The third-order valence-electron chi connectivity index (χ3n) is 0.407. The molecule has 0 amide bonds. The van der Waals surface area contributed by atoms with Crippen LogP contribution in [0.5, 0.6) is 0 Å². The van der Waals surface area contributed by atoms with Crippen LogP contribution in [0.1, 0.15) is 19.8 Å². The van der Waals surface area contributed by atoms with Crippen LogP contribution in [-0.2, 0) is 0 Å². The van der Waals surface area contributed by atoms with E-state index < -0.39 is 0 Å². The Balaban J connectivity index is 2.40. The predicted octanol–water partition coefficient (Wildman–Crippen LogP) is 0.757. The molecule has 0 aliphatic rings. The normalized spacial score (nSPS) is 7.40. The maximum atomic E-state index is 2.82. The van der Waals surface area contributed by atoms with Gasteiger partial charge in [-0.25, -0.2) is 0 Å². The maximum absolute atomic E-state index is 2.82. The van der Waals surface area contributed by atoms with Crippen LogP contribution >= 0.6 is 0 Å². The molecule has 0 saturated carbocycles.